The molecule has 100 valence electrons. The van der Waals surface area contributed by atoms with E-state index in [0.717, 1.165) is 16.9 Å². The van der Waals surface area contributed by atoms with Crippen LogP contribution in [0.4, 0.5) is 0 Å². The summed E-state index contributed by atoms with van der Waals surface area (Å²) in [6, 6.07) is 4.16. The van der Waals surface area contributed by atoms with Gasteiger partial charge in [0.2, 0.25) is 0 Å². The van der Waals surface area contributed by atoms with E-state index in [1.807, 2.05) is 13.0 Å². The molecule has 1 aromatic rings. The second kappa shape index (κ2) is 7.63. The summed E-state index contributed by atoms with van der Waals surface area (Å²) in [6.07, 6.45) is 3.73. The van der Waals surface area contributed by atoms with E-state index in [9.17, 15) is 4.79 Å². The second-order valence-electron chi connectivity index (χ2n) is 4.93. The summed E-state index contributed by atoms with van der Waals surface area (Å²) < 4.78 is 0. The van der Waals surface area contributed by atoms with Gasteiger partial charge < -0.3 is 0 Å². The average Bonchev–Trinajstić information content (AvgIpc) is 2.33. The maximum atomic E-state index is 12.1. The van der Waals surface area contributed by atoms with Crippen molar-refractivity contribution in [3.05, 3.63) is 34.4 Å². The number of unbranched alkanes of at least 4 members (excludes halogenated alkanes) is 2. The Hall–Kier alpha value is -0.760. The molecule has 0 amide bonds. The highest BCUT2D eigenvalue weighted by Gasteiger charge is 2.10. The Morgan fingerprint density at radius 2 is 1.72 bits per heavy atom. The quantitative estimate of drug-likeness (QED) is 0.523. The highest BCUT2D eigenvalue weighted by molar-refractivity contribution is 7.99. The first kappa shape index (κ1) is 15.3. The number of hydrogen-bond acceptors (Lipinski definition) is 2. The first-order valence-electron chi connectivity index (χ1n) is 6.75. The van der Waals surface area contributed by atoms with Crippen LogP contribution in [0.25, 0.3) is 0 Å². The summed E-state index contributed by atoms with van der Waals surface area (Å²) >= 11 is 1.77. The van der Waals surface area contributed by atoms with Crippen molar-refractivity contribution in [2.24, 2.45) is 0 Å². The molecule has 0 N–H and O–H groups in total. The smallest absolute Gasteiger partial charge is 0.172 e. The van der Waals surface area contributed by atoms with E-state index in [0.29, 0.717) is 5.75 Å². The molecule has 0 saturated carbocycles. The van der Waals surface area contributed by atoms with E-state index in [2.05, 4.69) is 26.8 Å². The molecule has 0 saturated heterocycles. The normalized spacial score (nSPS) is 10.7. The number of ketones is 1. The molecule has 0 bridgehead atoms. The van der Waals surface area contributed by atoms with E-state index < -0.39 is 0 Å². The summed E-state index contributed by atoms with van der Waals surface area (Å²) in [5.74, 6) is 1.99. The largest absolute Gasteiger partial charge is 0.293 e. The Morgan fingerprint density at radius 1 is 1.06 bits per heavy atom. The van der Waals surface area contributed by atoms with Crippen LogP contribution >= 0.6 is 11.8 Å². The van der Waals surface area contributed by atoms with Crippen molar-refractivity contribution in [2.45, 2.75) is 47.0 Å². The molecular formula is C16H24OS. The molecule has 2 heteroatoms. The number of carbonyl (C=O) groups excluding carboxylic acids is 1. The van der Waals surface area contributed by atoms with Crippen LogP contribution in [0.2, 0.25) is 0 Å². The van der Waals surface area contributed by atoms with E-state index in [4.69, 9.17) is 0 Å². The van der Waals surface area contributed by atoms with Crippen molar-refractivity contribution >= 4 is 17.5 Å². The molecule has 1 aromatic carbocycles. The number of Topliss-reactive ketones (excluding diaryl/α,β-unsaturated/α-hetero) is 1. The van der Waals surface area contributed by atoms with Crippen molar-refractivity contribution < 1.29 is 4.79 Å². The van der Waals surface area contributed by atoms with Crippen molar-refractivity contribution in [1.82, 2.24) is 0 Å². The Bertz CT molecular complexity index is 410. The van der Waals surface area contributed by atoms with Crippen LogP contribution in [-0.4, -0.2) is 17.3 Å². The van der Waals surface area contributed by atoms with Gasteiger partial charge >= 0.3 is 0 Å². The fourth-order valence-corrected chi connectivity index (χ4v) is 2.85. The summed E-state index contributed by atoms with van der Waals surface area (Å²) in [5.41, 5.74) is 4.48. The fraction of sp³-hybridized carbons (Fsp3) is 0.562. The summed E-state index contributed by atoms with van der Waals surface area (Å²) in [5, 5.41) is 0. The number of thioether (sulfide) groups is 1. The minimum atomic E-state index is 0.275. The lowest BCUT2D eigenvalue weighted by molar-refractivity contribution is 0.102. The average molecular weight is 264 g/mol. The summed E-state index contributed by atoms with van der Waals surface area (Å²) in [6.45, 7) is 8.39. The molecule has 0 spiro atoms. The highest BCUT2D eigenvalue weighted by Crippen LogP contribution is 2.18. The lowest BCUT2D eigenvalue weighted by Gasteiger charge is -2.09. The monoisotopic (exact) mass is 264 g/mol. The Labute approximate surface area is 115 Å². The maximum absolute atomic E-state index is 12.1. The second-order valence-corrected chi connectivity index (χ2v) is 6.04. The number of carbonyl (C=O) groups is 1. The zero-order valence-electron chi connectivity index (χ0n) is 12.0. The van der Waals surface area contributed by atoms with Gasteiger partial charge in [-0.2, -0.15) is 11.8 Å². The molecule has 1 rings (SSSR count). The third-order valence-electron chi connectivity index (χ3n) is 3.27. The SMILES string of the molecule is CCCCCSCC(=O)c1cc(C)c(C)cc1C. The van der Waals surface area contributed by atoms with E-state index in [-0.39, 0.29) is 5.78 Å². The van der Waals surface area contributed by atoms with Gasteiger partial charge in [-0.25, -0.2) is 0 Å². The fourth-order valence-electron chi connectivity index (χ4n) is 1.96. The number of benzene rings is 1. The predicted molar refractivity (Wildman–Crippen MR) is 81.8 cm³/mol. The van der Waals surface area contributed by atoms with Gasteiger partial charge in [-0.1, -0.05) is 25.8 Å². The number of rotatable bonds is 7. The van der Waals surface area contributed by atoms with Crippen LogP contribution in [0.15, 0.2) is 12.1 Å². The van der Waals surface area contributed by atoms with Gasteiger partial charge in [0.1, 0.15) is 0 Å². The van der Waals surface area contributed by atoms with Crippen LogP contribution in [0.5, 0.6) is 0 Å². The first-order valence-corrected chi connectivity index (χ1v) is 7.90. The first-order chi connectivity index (χ1) is 8.56. The van der Waals surface area contributed by atoms with Crippen molar-refractivity contribution in [3.63, 3.8) is 0 Å². The third kappa shape index (κ3) is 4.49. The predicted octanol–water partition coefficient (Wildman–Crippen LogP) is 4.72. The van der Waals surface area contributed by atoms with Gasteiger partial charge in [0, 0.05) is 5.56 Å². The van der Waals surface area contributed by atoms with Crippen molar-refractivity contribution in [3.8, 4) is 0 Å². The minimum Gasteiger partial charge on any atom is -0.293 e. The van der Waals surface area contributed by atoms with Gasteiger partial charge in [-0.15, -0.1) is 0 Å². The molecule has 18 heavy (non-hydrogen) atoms. The molecule has 0 heterocycles. The van der Waals surface area contributed by atoms with Gasteiger partial charge in [-0.3, -0.25) is 4.79 Å². The standard InChI is InChI=1S/C16H24OS/c1-5-6-7-8-18-11-16(17)15-10-13(3)12(2)9-14(15)4/h9-10H,5-8,11H2,1-4H3. The van der Waals surface area contributed by atoms with Gasteiger partial charge in [0.25, 0.3) is 0 Å². The van der Waals surface area contributed by atoms with Crippen molar-refractivity contribution in [1.29, 1.82) is 0 Å². The molecule has 0 unspecified atom stereocenters. The van der Waals surface area contributed by atoms with Gasteiger partial charge in [0.05, 0.1) is 5.75 Å². The van der Waals surface area contributed by atoms with Crippen LogP contribution < -0.4 is 0 Å². The Kier molecular flexibility index (Phi) is 6.48. The van der Waals surface area contributed by atoms with E-state index in [1.165, 1.54) is 30.4 Å². The minimum absolute atomic E-state index is 0.275. The molecule has 0 aliphatic heterocycles. The third-order valence-corrected chi connectivity index (χ3v) is 4.31. The molecule has 0 aliphatic carbocycles. The molecular weight excluding hydrogens is 240 g/mol. The topological polar surface area (TPSA) is 17.1 Å². The Morgan fingerprint density at radius 3 is 2.39 bits per heavy atom. The molecule has 0 atom stereocenters. The lowest BCUT2D eigenvalue weighted by Crippen LogP contribution is -2.06. The maximum Gasteiger partial charge on any atom is 0.172 e. The van der Waals surface area contributed by atoms with Gasteiger partial charge in [-0.05, 0) is 55.7 Å². The van der Waals surface area contributed by atoms with E-state index in [1.54, 1.807) is 11.8 Å². The molecule has 0 fully saturated rings. The molecule has 0 radical (unpaired) electrons. The van der Waals surface area contributed by atoms with Crippen LogP contribution in [-0.2, 0) is 0 Å². The van der Waals surface area contributed by atoms with Crippen LogP contribution in [0.3, 0.4) is 0 Å². The summed E-state index contributed by atoms with van der Waals surface area (Å²) in [4.78, 5) is 12.1. The Balaban J connectivity index is 2.54. The van der Waals surface area contributed by atoms with Gasteiger partial charge in [0.15, 0.2) is 5.78 Å². The molecule has 0 aliphatic rings. The summed E-state index contributed by atoms with van der Waals surface area (Å²) in [7, 11) is 0. The highest BCUT2D eigenvalue weighted by atomic mass is 32.2. The zero-order valence-corrected chi connectivity index (χ0v) is 12.8. The zero-order chi connectivity index (χ0) is 13.5. The van der Waals surface area contributed by atoms with Crippen molar-refractivity contribution in [2.75, 3.05) is 11.5 Å². The van der Waals surface area contributed by atoms with Crippen LogP contribution in [0, 0.1) is 20.8 Å². The van der Waals surface area contributed by atoms with E-state index >= 15 is 0 Å². The number of hydrogen-bond donors (Lipinski definition) is 0. The molecule has 0 aromatic heterocycles. The lowest BCUT2D eigenvalue weighted by atomic mass is 9.99. The van der Waals surface area contributed by atoms with Crippen LogP contribution in [0.1, 0.15) is 53.2 Å². The number of aryl methyl sites for hydroxylation is 3. The molecule has 1 nitrogen and oxygen atoms in total.